The van der Waals surface area contributed by atoms with Crippen LogP contribution >= 0.6 is 39.1 Å². The topological polar surface area (TPSA) is 30.0 Å². The lowest BCUT2D eigenvalue weighted by Gasteiger charge is -2.07. The van der Waals surface area contributed by atoms with Crippen LogP contribution in [0.25, 0.3) is 10.9 Å². The highest BCUT2D eigenvalue weighted by Gasteiger charge is 2.19. The summed E-state index contributed by atoms with van der Waals surface area (Å²) in [6.07, 6.45) is 0. The fourth-order valence-corrected chi connectivity index (χ4v) is 2.96. The lowest BCUT2D eigenvalue weighted by atomic mass is 10.1. The van der Waals surface area contributed by atoms with E-state index < -0.39 is 0 Å². The first-order valence-corrected chi connectivity index (χ1v) is 7.67. The first-order chi connectivity index (χ1) is 10.1. The number of hydrogen-bond donors (Lipinski definition) is 0. The molecule has 0 radical (unpaired) electrons. The highest BCUT2D eigenvalue weighted by molar-refractivity contribution is 9.10. The van der Waals surface area contributed by atoms with E-state index in [1.807, 2.05) is 30.3 Å². The van der Waals surface area contributed by atoms with Crippen molar-refractivity contribution in [2.45, 2.75) is 0 Å². The zero-order valence-corrected chi connectivity index (χ0v) is 13.7. The van der Waals surface area contributed by atoms with Crippen molar-refractivity contribution in [1.82, 2.24) is 4.98 Å². The molecular weight excluding hydrogens is 373 g/mol. The lowest BCUT2D eigenvalue weighted by molar-refractivity contribution is 0.103. The predicted molar refractivity (Wildman–Crippen MR) is 89.3 cm³/mol. The van der Waals surface area contributed by atoms with E-state index in [0.29, 0.717) is 20.8 Å². The summed E-state index contributed by atoms with van der Waals surface area (Å²) in [7, 11) is 0. The standard InChI is InChI=1S/C16H8BrCl2NO/c17-11-8-9-4-1-2-7-13(9)20-15(11)16(21)10-5-3-6-12(18)14(10)19/h1-8H. The van der Waals surface area contributed by atoms with Gasteiger partial charge in [0.05, 0.1) is 15.6 Å². The van der Waals surface area contributed by atoms with Gasteiger partial charge >= 0.3 is 0 Å². The van der Waals surface area contributed by atoms with Gasteiger partial charge in [-0.05, 0) is 40.2 Å². The molecule has 0 amide bonds. The van der Waals surface area contributed by atoms with Crippen LogP contribution in [0.2, 0.25) is 10.0 Å². The SMILES string of the molecule is O=C(c1cccc(Cl)c1Cl)c1nc2ccccc2cc1Br. The molecule has 1 aromatic heterocycles. The summed E-state index contributed by atoms with van der Waals surface area (Å²) in [5.74, 6) is -0.264. The summed E-state index contributed by atoms with van der Waals surface area (Å²) in [5.41, 5.74) is 1.41. The Balaban J connectivity index is 2.17. The first-order valence-electron chi connectivity index (χ1n) is 6.12. The van der Waals surface area contributed by atoms with Crippen LogP contribution in [-0.2, 0) is 0 Å². The molecule has 0 unspecified atom stereocenters. The Morgan fingerprint density at radius 1 is 1.05 bits per heavy atom. The number of nitrogens with zero attached hydrogens (tertiary/aromatic N) is 1. The molecule has 0 aliphatic carbocycles. The van der Waals surface area contributed by atoms with E-state index in [1.54, 1.807) is 18.2 Å². The average Bonchev–Trinajstić information content (AvgIpc) is 2.48. The molecule has 0 saturated heterocycles. The number of hydrogen-bond acceptors (Lipinski definition) is 2. The summed E-state index contributed by atoms with van der Waals surface area (Å²) < 4.78 is 0.627. The highest BCUT2D eigenvalue weighted by atomic mass is 79.9. The van der Waals surface area contributed by atoms with Crippen LogP contribution < -0.4 is 0 Å². The molecule has 2 aromatic carbocycles. The maximum Gasteiger partial charge on any atom is 0.214 e. The van der Waals surface area contributed by atoms with E-state index in [-0.39, 0.29) is 10.8 Å². The summed E-state index contributed by atoms with van der Waals surface area (Å²) >= 11 is 15.5. The van der Waals surface area contributed by atoms with Crippen LogP contribution in [0.1, 0.15) is 16.1 Å². The fraction of sp³-hybridized carbons (Fsp3) is 0. The highest BCUT2D eigenvalue weighted by Crippen LogP contribution is 2.29. The minimum Gasteiger partial charge on any atom is -0.287 e. The van der Waals surface area contributed by atoms with Crippen LogP contribution in [0, 0.1) is 0 Å². The normalized spacial score (nSPS) is 10.8. The van der Waals surface area contributed by atoms with Crippen LogP contribution in [-0.4, -0.2) is 10.8 Å². The van der Waals surface area contributed by atoms with Gasteiger partial charge in [-0.15, -0.1) is 0 Å². The third-order valence-corrected chi connectivity index (χ3v) is 4.51. The maximum atomic E-state index is 12.6. The van der Waals surface area contributed by atoms with Gasteiger partial charge in [0.1, 0.15) is 5.69 Å². The fourth-order valence-electron chi connectivity index (χ4n) is 2.06. The monoisotopic (exact) mass is 379 g/mol. The van der Waals surface area contributed by atoms with Crippen LogP contribution in [0.15, 0.2) is 53.0 Å². The molecule has 0 spiro atoms. The van der Waals surface area contributed by atoms with E-state index in [1.165, 1.54) is 0 Å². The van der Waals surface area contributed by atoms with Gasteiger partial charge in [0.2, 0.25) is 5.78 Å². The predicted octanol–water partition coefficient (Wildman–Crippen LogP) is 5.54. The summed E-state index contributed by atoms with van der Waals surface area (Å²) in [6, 6.07) is 14.4. The zero-order valence-electron chi connectivity index (χ0n) is 10.6. The number of carbonyl (C=O) groups is 1. The summed E-state index contributed by atoms with van der Waals surface area (Å²) in [4.78, 5) is 17.1. The largest absolute Gasteiger partial charge is 0.287 e. The van der Waals surface area contributed by atoms with Crippen molar-refractivity contribution in [3.05, 3.63) is 74.3 Å². The molecule has 0 N–H and O–H groups in total. The number of fused-ring (bicyclic) bond motifs is 1. The van der Waals surface area contributed by atoms with Crippen molar-refractivity contribution in [1.29, 1.82) is 0 Å². The molecule has 1 heterocycles. The Labute approximate surface area is 139 Å². The number of carbonyl (C=O) groups excluding carboxylic acids is 1. The average molecular weight is 381 g/mol. The van der Waals surface area contributed by atoms with E-state index in [2.05, 4.69) is 20.9 Å². The minimum atomic E-state index is -0.264. The van der Waals surface area contributed by atoms with Gasteiger partial charge in [-0.25, -0.2) is 4.98 Å². The van der Waals surface area contributed by atoms with E-state index in [9.17, 15) is 4.79 Å². The van der Waals surface area contributed by atoms with E-state index in [4.69, 9.17) is 23.2 Å². The smallest absolute Gasteiger partial charge is 0.214 e. The van der Waals surface area contributed by atoms with Gasteiger partial charge in [-0.3, -0.25) is 4.79 Å². The molecule has 3 rings (SSSR count). The lowest BCUT2D eigenvalue weighted by Crippen LogP contribution is -2.06. The molecular formula is C16H8BrCl2NO. The van der Waals surface area contributed by atoms with Crippen LogP contribution in [0.3, 0.4) is 0 Å². The number of pyridine rings is 1. The number of aromatic nitrogens is 1. The van der Waals surface area contributed by atoms with Gasteiger partial charge in [-0.1, -0.05) is 47.5 Å². The van der Waals surface area contributed by atoms with Crippen molar-refractivity contribution in [2.75, 3.05) is 0 Å². The minimum absolute atomic E-state index is 0.242. The van der Waals surface area contributed by atoms with E-state index >= 15 is 0 Å². The Hall–Kier alpha value is -1.42. The van der Waals surface area contributed by atoms with Crippen LogP contribution in [0.4, 0.5) is 0 Å². The quantitative estimate of drug-likeness (QED) is 0.546. The second-order valence-corrected chi connectivity index (χ2v) is 6.08. The number of halogens is 3. The Morgan fingerprint density at radius 3 is 2.62 bits per heavy atom. The Morgan fingerprint density at radius 2 is 1.81 bits per heavy atom. The molecule has 0 aliphatic heterocycles. The number of ketones is 1. The molecule has 0 bridgehead atoms. The summed E-state index contributed by atoms with van der Waals surface area (Å²) in [5, 5.41) is 1.54. The van der Waals surface area contributed by atoms with Gasteiger partial charge in [-0.2, -0.15) is 0 Å². The van der Waals surface area contributed by atoms with Crippen LogP contribution in [0.5, 0.6) is 0 Å². The van der Waals surface area contributed by atoms with Crippen molar-refractivity contribution < 1.29 is 4.79 Å². The first kappa shape index (κ1) is 14.5. The van der Waals surface area contributed by atoms with Gasteiger partial charge < -0.3 is 0 Å². The molecule has 0 aliphatic rings. The van der Waals surface area contributed by atoms with Crippen molar-refractivity contribution >= 4 is 55.8 Å². The molecule has 5 heteroatoms. The van der Waals surface area contributed by atoms with Crippen molar-refractivity contribution in [3.63, 3.8) is 0 Å². The number of para-hydroxylation sites is 1. The number of benzene rings is 2. The number of rotatable bonds is 2. The molecule has 0 fully saturated rings. The Bertz CT molecular complexity index is 864. The van der Waals surface area contributed by atoms with Gasteiger partial charge in [0.15, 0.2) is 0 Å². The molecule has 0 atom stereocenters. The van der Waals surface area contributed by atoms with Gasteiger partial charge in [0, 0.05) is 15.4 Å². The molecule has 0 saturated carbocycles. The zero-order chi connectivity index (χ0) is 15.0. The molecule has 104 valence electrons. The molecule has 3 aromatic rings. The maximum absolute atomic E-state index is 12.6. The third-order valence-electron chi connectivity index (χ3n) is 3.09. The second-order valence-electron chi connectivity index (χ2n) is 4.44. The second kappa shape index (κ2) is 5.76. The summed E-state index contributed by atoms with van der Waals surface area (Å²) in [6.45, 7) is 0. The molecule has 21 heavy (non-hydrogen) atoms. The van der Waals surface area contributed by atoms with Gasteiger partial charge in [0.25, 0.3) is 0 Å². The van der Waals surface area contributed by atoms with E-state index in [0.717, 1.165) is 10.9 Å². The van der Waals surface area contributed by atoms with Crippen molar-refractivity contribution in [3.8, 4) is 0 Å². The Kier molecular flexibility index (Phi) is 3.98. The molecule has 2 nitrogen and oxygen atoms in total. The van der Waals surface area contributed by atoms with Crippen molar-refractivity contribution in [2.24, 2.45) is 0 Å². The third kappa shape index (κ3) is 2.69.